The van der Waals surface area contributed by atoms with Crippen molar-refractivity contribution in [2.75, 3.05) is 6.61 Å². The summed E-state index contributed by atoms with van der Waals surface area (Å²) in [5.74, 6) is 4.77. The third-order valence-electron chi connectivity index (χ3n) is 0.866. The third kappa shape index (κ3) is 9.37. The summed E-state index contributed by atoms with van der Waals surface area (Å²) in [6, 6.07) is 0. The van der Waals surface area contributed by atoms with E-state index in [1.54, 1.807) is 0 Å². The lowest BCUT2D eigenvalue weighted by atomic mass is 10.3. The fourth-order valence-corrected chi connectivity index (χ4v) is 0.435. The molecule has 3 radical (unpaired) electrons. The fourth-order valence-electron chi connectivity index (χ4n) is 0.435. The van der Waals surface area contributed by atoms with Crippen LogP contribution in [-0.4, -0.2) is 15.0 Å². The highest BCUT2D eigenvalue weighted by Crippen LogP contribution is 1.91. The predicted molar refractivity (Wildman–Crippen MR) is 35.4 cm³/mol. The van der Waals surface area contributed by atoms with Crippen LogP contribution in [0.2, 0.25) is 0 Å². The lowest BCUT2D eigenvalue weighted by Gasteiger charge is -1.92. The van der Waals surface area contributed by atoms with Gasteiger partial charge < -0.3 is 4.84 Å². The molecule has 0 aromatic carbocycles. The standard InChI is InChI=1S/C5H13NO.B/c1-2-3-4-5-7-6;/h2-6H2,1H3;. The van der Waals surface area contributed by atoms with Gasteiger partial charge in [0, 0.05) is 8.41 Å². The van der Waals surface area contributed by atoms with Crippen LogP contribution in [0.3, 0.4) is 0 Å². The van der Waals surface area contributed by atoms with Crippen LogP contribution in [0.25, 0.3) is 0 Å². The Morgan fingerprint density at radius 1 is 1.38 bits per heavy atom. The highest BCUT2D eigenvalue weighted by atomic mass is 16.6. The molecule has 8 heavy (non-hydrogen) atoms. The van der Waals surface area contributed by atoms with Gasteiger partial charge in [-0.3, -0.25) is 0 Å². The summed E-state index contributed by atoms with van der Waals surface area (Å²) >= 11 is 0. The molecule has 0 spiro atoms. The zero-order valence-corrected chi connectivity index (χ0v) is 5.39. The summed E-state index contributed by atoms with van der Waals surface area (Å²) < 4.78 is 0. The van der Waals surface area contributed by atoms with E-state index in [1.807, 2.05) is 0 Å². The van der Waals surface area contributed by atoms with Gasteiger partial charge in [-0.05, 0) is 6.42 Å². The molecule has 0 aromatic heterocycles. The summed E-state index contributed by atoms with van der Waals surface area (Å²) in [6.45, 7) is 2.85. The molecular formula is C5H13BNO. The van der Waals surface area contributed by atoms with Crippen molar-refractivity contribution in [2.45, 2.75) is 26.2 Å². The van der Waals surface area contributed by atoms with Crippen LogP contribution in [0.1, 0.15) is 26.2 Å². The predicted octanol–water partition coefficient (Wildman–Crippen LogP) is 0.686. The Bertz CT molecular complexity index is 31.6. The smallest absolute Gasteiger partial charge is 0.0679 e. The van der Waals surface area contributed by atoms with Gasteiger partial charge in [0.05, 0.1) is 6.61 Å². The molecule has 2 N–H and O–H groups in total. The second-order valence-electron chi connectivity index (χ2n) is 1.58. The first-order chi connectivity index (χ1) is 3.41. The Morgan fingerprint density at radius 2 is 2.00 bits per heavy atom. The van der Waals surface area contributed by atoms with E-state index in [0.29, 0.717) is 6.61 Å². The van der Waals surface area contributed by atoms with E-state index in [9.17, 15) is 0 Å². The number of hydrogen-bond acceptors (Lipinski definition) is 2. The summed E-state index contributed by atoms with van der Waals surface area (Å²) in [5.41, 5.74) is 0. The lowest BCUT2D eigenvalue weighted by molar-refractivity contribution is 0.134. The molecule has 2 nitrogen and oxygen atoms in total. The molecule has 0 saturated heterocycles. The van der Waals surface area contributed by atoms with Crippen molar-refractivity contribution in [1.82, 2.24) is 0 Å². The van der Waals surface area contributed by atoms with E-state index in [-0.39, 0.29) is 8.41 Å². The van der Waals surface area contributed by atoms with Crippen LogP contribution in [0.4, 0.5) is 0 Å². The second kappa shape index (κ2) is 10.1. The zero-order valence-electron chi connectivity index (χ0n) is 5.39. The molecule has 3 heteroatoms. The molecular weight excluding hydrogens is 101 g/mol. The molecule has 0 fully saturated rings. The first kappa shape index (κ1) is 10.9. The minimum absolute atomic E-state index is 0. The summed E-state index contributed by atoms with van der Waals surface area (Å²) in [7, 11) is 0. The van der Waals surface area contributed by atoms with Gasteiger partial charge in [-0.2, -0.15) is 0 Å². The summed E-state index contributed by atoms with van der Waals surface area (Å²) in [6.07, 6.45) is 3.54. The molecule has 0 heterocycles. The van der Waals surface area contributed by atoms with Gasteiger partial charge >= 0.3 is 0 Å². The maximum Gasteiger partial charge on any atom is 0.0679 e. The highest BCUT2D eigenvalue weighted by molar-refractivity contribution is 5.75. The SMILES string of the molecule is CCCCCON.[B]. The Kier molecular flexibility index (Phi) is 13.7. The molecule has 0 aliphatic carbocycles. The molecule has 0 rings (SSSR count). The summed E-state index contributed by atoms with van der Waals surface area (Å²) in [5, 5.41) is 0. The molecule has 0 unspecified atom stereocenters. The molecule has 0 aliphatic rings. The van der Waals surface area contributed by atoms with Crippen molar-refractivity contribution in [3.8, 4) is 0 Å². The first-order valence-corrected chi connectivity index (χ1v) is 2.73. The van der Waals surface area contributed by atoms with Crippen LogP contribution >= 0.6 is 0 Å². The van der Waals surface area contributed by atoms with Crippen LogP contribution in [0, 0.1) is 0 Å². The Morgan fingerprint density at radius 3 is 2.38 bits per heavy atom. The fraction of sp³-hybridized carbons (Fsp3) is 1.00. The Balaban J connectivity index is 0. The van der Waals surface area contributed by atoms with Gasteiger partial charge in [-0.25, -0.2) is 5.90 Å². The Labute approximate surface area is 52.9 Å². The molecule has 0 amide bonds. The van der Waals surface area contributed by atoms with Crippen molar-refractivity contribution in [3.63, 3.8) is 0 Å². The first-order valence-electron chi connectivity index (χ1n) is 2.73. The van der Waals surface area contributed by atoms with Crippen LogP contribution < -0.4 is 5.90 Å². The van der Waals surface area contributed by atoms with Gasteiger partial charge in [0.25, 0.3) is 0 Å². The Hall–Kier alpha value is -0.0151. The summed E-state index contributed by atoms with van der Waals surface area (Å²) in [4.78, 5) is 4.34. The number of hydrogen-bond donors (Lipinski definition) is 1. The van der Waals surface area contributed by atoms with E-state index >= 15 is 0 Å². The molecule has 47 valence electrons. The van der Waals surface area contributed by atoms with Gasteiger partial charge in [-0.15, -0.1) is 0 Å². The number of nitrogens with two attached hydrogens (primary N) is 1. The second-order valence-corrected chi connectivity index (χ2v) is 1.58. The van der Waals surface area contributed by atoms with E-state index < -0.39 is 0 Å². The minimum atomic E-state index is 0. The maximum atomic E-state index is 4.77. The van der Waals surface area contributed by atoms with Crippen molar-refractivity contribution < 1.29 is 4.84 Å². The van der Waals surface area contributed by atoms with Crippen molar-refractivity contribution in [2.24, 2.45) is 5.90 Å². The van der Waals surface area contributed by atoms with E-state index in [4.69, 9.17) is 5.90 Å². The van der Waals surface area contributed by atoms with E-state index in [2.05, 4.69) is 11.8 Å². The molecule has 0 aliphatic heterocycles. The number of unbranched alkanes of at least 4 members (excludes halogenated alkanes) is 2. The lowest BCUT2D eigenvalue weighted by Crippen LogP contribution is -1.99. The zero-order chi connectivity index (χ0) is 5.54. The molecule has 0 aromatic rings. The molecule has 0 bridgehead atoms. The molecule has 0 atom stereocenters. The monoisotopic (exact) mass is 114 g/mol. The van der Waals surface area contributed by atoms with Gasteiger partial charge in [0.15, 0.2) is 0 Å². The van der Waals surface area contributed by atoms with Gasteiger partial charge in [-0.1, -0.05) is 19.8 Å². The van der Waals surface area contributed by atoms with Crippen molar-refractivity contribution in [1.29, 1.82) is 0 Å². The highest BCUT2D eigenvalue weighted by Gasteiger charge is 1.80. The number of rotatable bonds is 4. The largest absolute Gasteiger partial charge is 0.305 e. The topological polar surface area (TPSA) is 35.2 Å². The van der Waals surface area contributed by atoms with E-state index in [0.717, 1.165) is 6.42 Å². The van der Waals surface area contributed by atoms with Crippen LogP contribution in [0.15, 0.2) is 0 Å². The average molecular weight is 114 g/mol. The quantitative estimate of drug-likeness (QED) is 0.331. The average Bonchev–Trinajstić information content (AvgIpc) is 1.69. The van der Waals surface area contributed by atoms with E-state index in [1.165, 1.54) is 12.8 Å². The van der Waals surface area contributed by atoms with Crippen molar-refractivity contribution >= 4 is 8.41 Å². The minimum Gasteiger partial charge on any atom is -0.305 e. The maximum absolute atomic E-state index is 4.77. The van der Waals surface area contributed by atoms with Crippen molar-refractivity contribution in [3.05, 3.63) is 0 Å². The van der Waals surface area contributed by atoms with Crippen LogP contribution in [-0.2, 0) is 4.84 Å². The normalized spacial score (nSPS) is 8.25. The van der Waals surface area contributed by atoms with Crippen LogP contribution in [0.5, 0.6) is 0 Å². The molecule has 0 saturated carbocycles. The van der Waals surface area contributed by atoms with Gasteiger partial charge in [0.2, 0.25) is 0 Å². The third-order valence-corrected chi connectivity index (χ3v) is 0.866. The van der Waals surface area contributed by atoms with Gasteiger partial charge in [0.1, 0.15) is 0 Å².